The van der Waals surface area contributed by atoms with Gasteiger partial charge in [0, 0.05) is 27.5 Å². The third kappa shape index (κ3) is 2.28. The van der Waals surface area contributed by atoms with Crippen molar-refractivity contribution in [2.75, 3.05) is 12.4 Å². The zero-order chi connectivity index (χ0) is 10.8. The van der Waals surface area contributed by atoms with E-state index in [1.54, 1.807) is 17.4 Å². The van der Waals surface area contributed by atoms with Gasteiger partial charge in [-0.3, -0.25) is 0 Å². The smallest absolute Gasteiger partial charge is 0.0886 e. The SMILES string of the molecule is CNc1ccc(-c2cc(Cl)ccc2Cl)s1. The zero-order valence-corrected chi connectivity index (χ0v) is 10.4. The molecule has 0 amide bonds. The van der Waals surface area contributed by atoms with Gasteiger partial charge >= 0.3 is 0 Å². The van der Waals surface area contributed by atoms with E-state index in [0.717, 1.165) is 20.5 Å². The minimum atomic E-state index is 0.703. The molecule has 4 heteroatoms. The first-order valence-electron chi connectivity index (χ1n) is 4.43. The molecule has 0 saturated carbocycles. The predicted octanol–water partition coefficient (Wildman–Crippen LogP) is 4.76. The summed E-state index contributed by atoms with van der Waals surface area (Å²) >= 11 is 13.7. The van der Waals surface area contributed by atoms with Crippen LogP contribution in [0.2, 0.25) is 10.0 Å². The molecule has 1 aromatic carbocycles. The lowest BCUT2D eigenvalue weighted by atomic mass is 10.2. The van der Waals surface area contributed by atoms with Crippen LogP contribution in [-0.4, -0.2) is 7.05 Å². The molecule has 0 radical (unpaired) electrons. The lowest BCUT2D eigenvalue weighted by Crippen LogP contribution is -1.80. The van der Waals surface area contributed by atoms with Crippen LogP contribution in [0.15, 0.2) is 30.3 Å². The average Bonchev–Trinajstić information content (AvgIpc) is 2.70. The Kier molecular flexibility index (Phi) is 3.19. The molecule has 1 heterocycles. The Balaban J connectivity index is 2.48. The van der Waals surface area contributed by atoms with Gasteiger partial charge in [-0.15, -0.1) is 11.3 Å². The zero-order valence-electron chi connectivity index (χ0n) is 8.05. The van der Waals surface area contributed by atoms with Crippen molar-refractivity contribution in [1.29, 1.82) is 0 Å². The third-order valence-corrected chi connectivity index (χ3v) is 3.75. The molecule has 0 saturated heterocycles. The molecule has 0 bridgehead atoms. The van der Waals surface area contributed by atoms with E-state index >= 15 is 0 Å². The van der Waals surface area contributed by atoms with Crippen LogP contribution < -0.4 is 5.32 Å². The molecule has 0 aliphatic heterocycles. The predicted molar refractivity (Wildman–Crippen MR) is 69.3 cm³/mol. The summed E-state index contributed by atoms with van der Waals surface area (Å²) in [6.07, 6.45) is 0. The highest BCUT2D eigenvalue weighted by molar-refractivity contribution is 7.19. The Morgan fingerprint density at radius 1 is 1.13 bits per heavy atom. The molecule has 78 valence electrons. The molecule has 0 fully saturated rings. The Hall–Kier alpha value is -0.700. The second kappa shape index (κ2) is 4.44. The fourth-order valence-corrected chi connectivity index (χ4v) is 2.64. The highest BCUT2D eigenvalue weighted by Crippen LogP contribution is 2.36. The maximum absolute atomic E-state index is 6.11. The highest BCUT2D eigenvalue weighted by atomic mass is 35.5. The molecule has 1 N–H and O–H groups in total. The molecule has 0 aliphatic carbocycles. The van der Waals surface area contributed by atoms with Gasteiger partial charge in [-0.2, -0.15) is 0 Å². The van der Waals surface area contributed by atoms with Crippen LogP contribution in [0.3, 0.4) is 0 Å². The summed E-state index contributed by atoms with van der Waals surface area (Å²) in [5.41, 5.74) is 0.982. The number of thiophene rings is 1. The van der Waals surface area contributed by atoms with Crippen molar-refractivity contribution in [2.45, 2.75) is 0 Å². The van der Waals surface area contributed by atoms with E-state index in [2.05, 4.69) is 5.32 Å². The normalized spacial score (nSPS) is 10.3. The van der Waals surface area contributed by atoms with Gasteiger partial charge < -0.3 is 5.32 Å². The molecule has 15 heavy (non-hydrogen) atoms. The second-order valence-electron chi connectivity index (χ2n) is 3.04. The molecule has 1 aromatic heterocycles. The maximum atomic E-state index is 6.11. The number of benzene rings is 1. The standard InChI is InChI=1S/C11H9Cl2NS/c1-14-11-5-4-10(15-11)8-6-7(12)2-3-9(8)13/h2-6,14H,1H3. The number of anilines is 1. The van der Waals surface area contributed by atoms with E-state index in [-0.39, 0.29) is 0 Å². The largest absolute Gasteiger partial charge is 0.380 e. The van der Waals surface area contributed by atoms with E-state index in [4.69, 9.17) is 23.2 Å². The lowest BCUT2D eigenvalue weighted by Gasteiger charge is -2.01. The first-order valence-corrected chi connectivity index (χ1v) is 6.01. The van der Waals surface area contributed by atoms with Crippen LogP contribution >= 0.6 is 34.5 Å². The van der Waals surface area contributed by atoms with Crippen LogP contribution in [0.4, 0.5) is 5.00 Å². The Bertz CT molecular complexity index is 479. The maximum Gasteiger partial charge on any atom is 0.0886 e. The van der Waals surface area contributed by atoms with E-state index in [1.807, 2.05) is 31.3 Å². The Morgan fingerprint density at radius 2 is 1.93 bits per heavy atom. The van der Waals surface area contributed by atoms with Gasteiger partial charge in [0.15, 0.2) is 0 Å². The van der Waals surface area contributed by atoms with E-state index in [9.17, 15) is 0 Å². The molecule has 2 rings (SSSR count). The van der Waals surface area contributed by atoms with Crippen molar-refractivity contribution in [3.63, 3.8) is 0 Å². The van der Waals surface area contributed by atoms with Gasteiger partial charge in [-0.1, -0.05) is 23.2 Å². The lowest BCUT2D eigenvalue weighted by molar-refractivity contribution is 1.60. The monoisotopic (exact) mass is 257 g/mol. The molecule has 0 unspecified atom stereocenters. The van der Waals surface area contributed by atoms with Gasteiger partial charge in [-0.25, -0.2) is 0 Å². The van der Waals surface area contributed by atoms with Crippen LogP contribution in [0.1, 0.15) is 0 Å². The van der Waals surface area contributed by atoms with Crippen molar-refractivity contribution >= 4 is 39.5 Å². The minimum Gasteiger partial charge on any atom is -0.380 e. The van der Waals surface area contributed by atoms with Gasteiger partial charge in [0.1, 0.15) is 0 Å². The fourth-order valence-electron chi connectivity index (χ4n) is 1.30. The summed E-state index contributed by atoms with van der Waals surface area (Å²) in [6.45, 7) is 0. The summed E-state index contributed by atoms with van der Waals surface area (Å²) < 4.78 is 0. The minimum absolute atomic E-state index is 0.703. The van der Waals surface area contributed by atoms with Crippen LogP contribution in [0, 0.1) is 0 Å². The molecular weight excluding hydrogens is 249 g/mol. The summed E-state index contributed by atoms with van der Waals surface area (Å²) in [7, 11) is 1.90. The quantitative estimate of drug-likeness (QED) is 0.818. The van der Waals surface area contributed by atoms with Gasteiger partial charge in [0.2, 0.25) is 0 Å². The molecule has 0 aliphatic rings. The third-order valence-electron chi connectivity index (χ3n) is 2.05. The van der Waals surface area contributed by atoms with Crippen molar-refractivity contribution in [1.82, 2.24) is 0 Å². The van der Waals surface area contributed by atoms with Crippen LogP contribution in [-0.2, 0) is 0 Å². The number of halogens is 2. The van der Waals surface area contributed by atoms with E-state index in [0.29, 0.717) is 5.02 Å². The van der Waals surface area contributed by atoms with Crippen molar-refractivity contribution < 1.29 is 0 Å². The summed E-state index contributed by atoms with van der Waals surface area (Å²) in [5, 5.41) is 5.63. The van der Waals surface area contributed by atoms with Gasteiger partial charge in [0.25, 0.3) is 0 Å². The first-order chi connectivity index (χ1) is 7.20. The van der Waals surface area contributed by atoms with E-state index in [1.165, 1.54) is 0 Å². The van der Waals surface area contributed by atoms with Crippen LogP contribution in [0.5, 0.6) is 0 Å². The summed E-state index contributed by atoms with van der Waals surface area (Å²) in [5.74, 6) is 0. The fraction of sp³-hybridized carbons (Fsp3) is 0.0909. The van der Waals surface area contributed by atoms with Crippen molar-refractivity contribution in [3.8, 4) is 10.4 Å². The molecule has 2 aromatic rings. The van der Waals surface area contributed by atoms with E-state index < -0.39 is 0 Å². The van der Waals surface area contributed by atoms with Gasteiger partial charge in [0.05, 0.1) is 5.00 Å². The number of nitrogens with one attached hydrogen (secondary N) is 1. The van der Waals surface area contributed by atoms with Crippen molar-refractivity contribution in [2.24, 2.45) is 0 Å². The number of rotatable bonds is 2. The molecule has 1 nitrogen and oxygen atoms in total. The molecule has 0 atom stereocenters. The van der Waals surface area contributed by atoms with Crippen LogP contribution in [0.25, 0.3) is 10.4 Å². The Labute approximate surface area is 103 Å². The summed E-state index contributed by atoms with van der Waals surface area (Å²) in [4.78, 5) is 1.12. The topological polar surface area (TPSA) is 12.0 Å². The number of hydrogen-bond donors (Lipinski definition) is 1. The highest BCUT2D eigenvalue weighted by Gasteiger charge is 2.06. The first kappa shape index (κ1) is 10.8. The average molecular weight is 258 g/mol. The summed E-state index contributed by atoms with van der Waals surface area (Å²) in [6, 6.07) is 9.55. The molecular formula is C11H9Cl2NS. The molecule has 0 spiro atoms. The number of hydrogen-bond acceptors (Lipinski definition) is 2. The Morgan fingerprint density at radius 3 is 2.60 bits per heavy atom. The van der Waals surface area contributed by atoms with Crippen molar-refractivity contribution in [3.05, 3.63) is 40.4 Å². The second-order valence-corrected chi connectivity index (χ2v) is 4.97. The van der Waals surface area contributed by atoms with Gasteiger partial charge in [-0.05, 0) is 30.3 Å².